The van der Waals surface area contributed by atoms with Crippen LogP contribution in [-0.4, -0.2) is 25.7 Å². The van der Waals surface area contributed by atoms with Gasteiger partial charge in [0.1, 0.15) is 6.07 Å². The topological polar surface area (TPSA) is 88.1 Å². The number of primary amides is 1. The summed E-state index contributed by atoms with van der Waals surface area (Å²) in [6.07, 6.45) is 1.14. The Morgan fingerprint density at radius 3 is 2.76 bits per heavy atom. The molecule has 1 aliphatic heterocycles. The zero-order chi connectivity index (χ0) is 15.5. The van der Waals surface area contributed by atoms with Crippen LogP contribution in [-0.2, 0) is 9.53 Å². The van der Waals surface area contributed by atoms with Crippen molar-refractivity contribution in [3.8, 4) is 6.07 Å². The Kier molecular flexibility index (Phi) is 5.09. The summed E-state index contributed by atoms with van der Waals surface area (Å²) in [5.41, 5.74) is 5.96. The molecule has 0 radical (unpaired) electrons. The number of benzene rings is 1. The molecule has 1 heterocycles. The van der Waals surface area contributed by atoms with E-state index in [1.807, 2.05) is 0 Å². The van der Waals surface area contributed by atoms with Gasteiger partial charge in [0.05, 0.1) is 16.7 Å². The monoisotopic (exact) mass is 371 g/mol. The molecule has 21 heavy (non-hydrogen) atoms. The lowest BCUT2D eigenvalue weighted by Gasteiger charge is -2.34. The van der Waals surface area contributed by atoms with Crippen LogP contribution in [0.15, 0.2) is 16.6 Å². The van der Waals surface area contributed by atoms with Crippen LogP contribution < -0.4 is 11.1 Å². The number of ether oxygens (including phenoxy) is 1. The largest absolute Gasteiger partial charge is 0.382 e. The molecule has 112 valence electrons. The summed E-state index contributed by atoms with van der Waals surface area (Å²) in [5, 5.41) is 12.8. The molecular weight excluding hydrogens is 358 g/mol. The molecule has 0 spiro atoms. The highest BCUT2D eigenvalue weighted by atomic mass is 79.9. The van der Waals surface area contributed by atoms with E-state index in [-0.39, 0.29) is 5.91 Å². The number of nitriles is 1. The van der Waals surface area contributed by atoms with Gasteiger partial charge in [-0.15, -0.1) is 0 Å². The number of carbonyl (C=O) groups is 1. The van der Waals surface area contributed by atoms with E-state index < -0.39 is 5.41 Å². The van der Waals surface area contributed by atoms with Gasteiger partial charge in [-0.2, -0.15) is 5.26 Å². The van der Waals surface area contributed by atoms with Crippen molar-refractivity contribution in [1.29, 1.82) is 5.26 Å². The number of anilines is 1. The number of hydrogen-bond acceptors (Lipinski definition) is 4. The highest BCUT2D eigenvalue weighted by Crippen LogP contribution is 2.34. The maximum absolute atomic E-state index is 11.8. The summed E-state index contributed by atoms with van der Waals surface area (Å²) in [4.78, 5) is 11.8. The normalized spacial score (nSPS) is 17.0. The quantitative estimate of drug-likeness (QED) is 0.850. The minimum Gasteiger partial charge on any atom is -0.382 e. The van der Waals surface area contributed by atoms with E-state index >= 15 is 0 Å². The summed E-state index contributed by atoms with van der Waals surface area (Å²) in [7, 11) is 0. The Bertz CT molecular complexity index is 595. The molecule has 2 rings (SSSR count). The molecule has 1 saturated heterocycles. The van der Waals surface area contributed by atoms with Crippen molar-refractivity contribution in [1.82, 2.24) is 0 Å². The third kappa shape index (κ3) is 3.49. The number of amides is 1. The summed E-state index contributed by atoms with van der Waals surface area (Å²) in [6.45, 7) is 1.38. The van der Waals surface area contributed by atoms with Crippen LogP contribution in [0.5, 0.6) is 0 Å². The lowest BCUT2D eigenvalue weighted by atomic mass is 9.79. The Labute approximate surface area is 136 Å². The fourth-order valence-electron chi connectivity index (χ4n) is 2.37. The first kappa shape index (κ1) is 16.1. The van der Waals surface area contributed by atoms with Crippen molar-refractivity contribution in [2.24, 2.45) is 11.1 Å². The number of hydrogen-bond donors (Lipinski definition) is 2. The lowest BCUT2D eigenvalue weighted by molar-refractivity contribution is -0.132. The highest BCUT2D eigenvalue weighted by molar-refractivity contribution is 9.10. The smallest absolute Gasteiger partial charge is 0.225 e. The first-order chi connectivity index (χ1) is 9.98. The molecule has 0 atom stereocenters. The van der Waals surface area contributed by atoms with Crippen LogP contribution >= 0.6 is 27.5 Å². The van der Waals surface area contributed by atoms with Crippen molar-refractivity contribution in [3.63, 3.8) is 0 Å². The third-order valence-electron chi connectivity index (χ3n) is 3.75. The fourth-order valence-corrected chi connectivity index (χ4v) is 3.32. The second-order valence-corrected chi connectivity index (χ2v) is 6.32. The van der Waals surface area contributed by atoms with Gasteiger partial charge in [-0.3, -0.25) is 4.79 Å². The molecule has 1 aromatic carbocycles. The van der Waals surface area contributed by atoms with Gasteiger partial charge in [-0.25, -0.2) is 0 Å². The number of rotatable bonds is 4. The molecule has 0 aliphatic carbocycles. The van der Waals surface area contributed by atoms with Gasteiger partial charge >= 0.3 is 0 Å². The zero-order valence-corrected chi connectivity index (χ0v) is 13.6. The Morgan fingerprint density at radius 2 is 2.19 bits per heavy atom. The average molecular weight is 373 g/mol. The summed E-state index contributed by atoms with van der Waals surface area (Å²) in [6, 6.07) is 5.37. The van der Waals surface area contributed by atoms with E-state index in [2.05, 4.69) is 27.3 Å². The van der Waals surface area contributed by atoms with Gasteiger partial charge in [-0.1, -0.05) is 11.6 Å². The van der Waals surface area contributed by atoms with Crippen LogP contribution in [0.1, 0.15) is 18.4 Å². The van der Waals surface area contributed by atoms with Crippen LogP contribution in [0.4, 0.5) is 5.69 Å². The minimum atomic E-state index is -0.649. The molecular formula is C14H15BrClN3O2. The first-order valence-corrected chi connectivity index (χ1v) is 7.66. The molecule has 0 bridgehead atoms. The van der Waals surface area contributed by atoms with E-state index in [4.69, 9.17) is 22.1 Å². The first-order valence-electron chi connectivity index (χ1n) is 6.49. The molecule has 3 N–H and O–H groups in total. The Morgan fingerprint density at radius 1 is 1.52 bits per heavy atom. The van der Waals surface area contributed by atoms with Crippen molar-refractivity contribution in [2.45, 2.75) is 12.8 Å². The molecule has 1 fully saturated rings. The standard InChI is InChI=1S/C14H15BrClN3O2/c15-11-6-10(16)5-9(7-17)12(11)19-8-14(13(18)20)1-3-21-4-2-14/h5-6,19H,1-4,8H2,(H2,18,20). The second-order valence-electron chi connectivity index (χ2n) is 5.03. The van der Waals surface area contributed by atoms with E-state index in [0.29, 0.717) is 53.3 Å². The van der Waals surface area contributed by atoms with E-state index in [1.54, 1.807) is 12.1 Å². The van der Waals surface area contributed by atoms with Crippen molar-refractivity contribution in [2.75, 3.05) is 25.1 Å². The molecule has 1 amide bonds. The van der Waals surface area contributed by atoms with E-state index in [9.17, 15) is 10.1 Å². The molecule has 7 heteroatoms. The van der Waals surface area contributed by atoms with Crippen LogP contribution in [0.25, 0.3) is 0 Å². The molecule has 5 nitrogen and oxygen atoms in total. The Balaban J connectivity index is 2.22. The van der Waals surface area contributed by atoms with Gasteiger partial charge in [0.15, 0.2) is 0 Å². The highest BCUT2D eigenvalue weighted by Gasteiger charge is 2.38. The lowest BCUT2D eigenvalue weighted by Crippen LogP contribution is -2.46. The summed E-state index contributed by atoms with van der Waals surface area (Å²) < 4.78 is 5.98. The average Bonchev–Trinajstić information content (AvgIpc) is 2.46. The van der Waals surface area contributed by atoms with Crippen molar-refractivity contribution >= 4 is 39.1 Å². The molecule has 0 unspecified atom stereocenters. The molecule has 1 aromatic rings. The van der Waals surface area contributed by atoms with E-state index in [0.717, 1.165) is 0 Å². The number of halogens is 2. The number of nitrogens with two attached hydrogens (primary N) is 1. The van der Waals surface area contributed by atoms with Crippen LogP contribution in [0.2, 0.25) is 5.02 Å². The zero-order valence-electron chi connectivity index (χ0n) is 11.3. The van der Waals surface area contributed by atoms with E-state index in [1.165, 1.54) is 0 Å². The number of nitrogens with zero attached hydrogens (tertiary/aromatic N) is 1. The number of carbonyl (C=O) groups excluding carboxylic acids is 1. The van der Waals surface area contributed by atoms with Crippen molar-refractivity contribution in [3.05, 3.63) is 27.2 Å². The van der Waals surface area contributed by atoms with Gasteiger partial charge in [0.25, 0.3) is 0 Å². The van der Waals surface area contributed by atoms with Crippen molar-refractivity contribution < 1.29 is 9.53 Å². The van der Waals surface area contributed by atoms with Crippen LogP contribution in [0.3, 0.4) is 0 Å². The van der Waals surface area contributed by atoms with Gasteiger partial charge in [0, 0.05) is 29.3 Å². The third-order valence-corrected chi connectivity index (χ3v) is 4.60. The van der Waals surface area contributed by atoms with Gasteiger partial charge in [-0.05, 0) is 40.9 Å². The second kappa shape index (κ2) is 6.65. The molecule has 0 aromatic heterocycles. The summed E-state index contributed by atoms with van der Waals surface area (Å²) in [5.74, 6) is -0.345. The maximum Gasteiger partial charge on any atom is 0.225 e. The summed E-state index contributed by atoms with van der Waals surface area (Å²) >= 11 is 9.31. The predicted molar refractivity (Wildman–Crippen MR) is 84.0 cm³/mol. The van der Waals surface area contributed by atoms with Crippen LogP contribution in [0, 0.1) is 16.7 Å². The van der Waals surface area contributed by atoms with Gasteiger partial charge in [0.2, 0.25) is 5.91 Å². The fraction of sp³-hybridized carbons (Fsp3) is 0.429. The SMILES string of the molecule is N#Cc1cc(Cl)cc(Br)c1NCC1(C(N)=O)CCOCC1. The molecule has 0 saturated carbocycles. The van der Waals surface area contributed by atoms with Gasteiger partial charge < -0.3 is 15.8 Å². The number of nitrogens with one attached hydrogen (secondary N) is 1. The minimum absolute atomic E-state index is 0.345. The predicted octanol–water partition coefficient (Wildman–Crippen LogP) is 2.67. The maximum atomic E-state index is 11.8. The Hall–Kier alpha value is -1.29. The molecule has 1 aliphatic rings.